The van der Waals surface area contributed by atoms with Gasteiger partial charge in [0.2, 0.25) is 0 Å². The molecule has 1 saturated heterocycles. The summed E-state index contributed by atoms with van der Waals surface area (Å²) in [6.45, 7) is 5.01. The van der Waals surface area contributed by atoms with Gasteiger partial charge in [0.15, 0.2) is 5.65 Å². The van der Waals surface area contributed by atoms with Crippen LogP contribution in [0.15, 0.2) is 84.0 Å². The van der Waals surface area contributed by atoms with E-state index in [1.54, 1.807) is 42.7 Å². The average Bonchev–Trinajstić information content (AvgIpc) is 3.47. The predicted octanol–water partition coefficient (Wildman–Crippen LogP) is 4.77. The van der Waals surface area contributed by atoms with E-state index in [1.807, 2.05) is 13.0 Å². The number of pyridine rings is 1. The summed E-state index contributed by atoms with van der Waals surface area (Å²) in [5.74, 6) is 0.939. The highest BCUT2D eigenvalue weighted by Crippen LogP contribution is 2.33. The number of hydrogen-bond donors (Lipinski definition) is 0. The summed E-state index contributed by atoms with van der Waals surface area (Å²) >= 11 is 0. The Balaban J connectivity index is 1.35. The summed E-state index contributed by atoms with van der Waals surface area (Å²) in [4.78, 5) is 12.0. The second kappa shape index (κ2) is 8.62. The summed E-state index contributed by atoms with van der Waals surface area (Å²) in [5.41, 5.74) is 3.54. The molecule has 0 N–H and O–H groups in total. The van der Waals surface area contributed by atoms with Crippen molar-refractivity contribution in [3.05, 3.63) is 90.5 Å². The second-order valence-corrected chi connectivity index (χ2v) is 11.0. The lowest BCUT2D eigenvalue weighted by Gasteiger charge is -2.33. The van der Waals surface area contributed by atoms with Gasteiger partial charge in [-0.2, -0.15) is 0 Å². The van der Waals surface area contributed by atoms with Gasteiger partial charge < -0.3 is 4.57 Å². The number of imidazole rings is 1. The molecule has 4 heterocycles. The average molecular weight is 486 g/mol. The van der Waals surface area contributed by atoms with Crippen molar-refractivity contribution in [3.8, 4) is 0 Å². The number of benzene rings is 2. The van der Waals surface area contributed by atoms with Gasteiger partial charge >= 0.3 is 0 Å². The van der Waals surface area contributed by atoms with Gasteiger partial charge in [-0.15, -0.1) is 0 Å². The summed E-state index contributed by atoms with van der Waals surface area (Å²) in [6, 6.07) is 21.2. The van der Waals surface area contributed by atoms with Crippen LogP contribution in [0.4, 0.5) is 0 Å². The van der Waals surface area contributed by atoms with Crippen molar-refractivity contribution in [1.29, 1.82) is 0 Å². The fourth-order valence-electron chi connectivity index (χ4n) is 5.29. The molecule has 1 aliphatic rings. The molecule has 2 aromatic carbocycles. The number of likely N-dealkylation sites (tertiary alicyclic amines) is 1. The minimum atomic E-state index is -3.74. The molecule has 5 aromatic rings. The predicted molar refractivity (Wildman–Crippen MR) is 137 cm³/mol. The van der Waals surface area contributed by atoms with Crippen LogP contribution in [0, 0.1) is 6.92 Å². The number of piperidine rings is 1. The Labute approximate surface area is 204 Å². The van der Waals surface area contributed by atoms with Crippen LogP contribution in [0.5, 0.6) is 0 Å². The molecule has 8 heteroatoms. The number of aromatic nitrogens is 4. The third-order valence-electron chi connectivity index (χ3n) is 6.98. The lowest BCUT2D eigenvalue weighted by Crippen LogP contribution is -2.34. The van der Waals surface area contributed by atoms with E-state index < -0.39 is 10.0 Å². The SMILES string of the molecule is Cc1nc2cnc3c(ccn3S(=O)(=O)c3ccccc3)c2n1C1CCN(Cc2ccccc2)CC1. The fraction of sp³-hybridized carbons (Fsp3) is 0.259. The molecule has 0 aliphatic carbocycles. The van der Waals surface area contributed by atoms with E-state index in [1.165, 1.54) is 9.54 Å². The Bertz CT molecular complexity index is 1600. The van der Waals surface area contributed by atoms with Gasteiger partial charge in [-0.3, -0.25) is 4.90 Å². The molecule has 0 saturated carbocycles. The summed E-state index contributed by atoms with van der Waals surface area (Å²) in [5, 5.41) is 0.814. The first-order chi connectivity index (χ1) is 17.0. The molecule has 3 aromatic heterocycles. The van der Waals surface area contributed by atoms with E-state index in [0.29, 0.717) is 11.7 Å². The molecule has 0 amide bonds. The molecular formula is C27H27N5O2S. The fourth-order valence-corrected chi connectivity index (χ4v) is 6.61. The van der Waals surface area contributed by atoms with Crippen molar-refractivity contribution in [2.75, 3.05) is 13.1 Å². The highest BCUT2D eigenvalue weighted by molar-refractivity contribution is 7.90. The number of hydrogen-bond acceptors (Lipinski definition) is 5. The van der Waals surface area contributed by atoms with Gasteiger partial charge in [0.25, 0.3) is 10.0 Å². The molecule has 0 unspecified atom stereocenters. The van der Waals surface area contributed by atoms with Crippen LogP contribution < -0.4 is 0 Å². The van der Waals surface area contributed by atoms with Gasteiger partial charge in [0.1, 0.15) is 11.3 Å². The van der Waals surface area contributed by atoms with Crippen LogP contribution >= 0.6 is 0 Å². The summed E-state index contributed by atoms with van der Waals surface area (Å²) in [6.07, 6.45) is 5.34. The van der Waals surface area contributed by atoms with E-state index in [9.17, 15) is 8.42 Å². The van der Waals surface area contributed by atoms with Crippen LogP contribution in [0.2, 0.25) is 0 Å². The zero-order valence-electron chi connectivity index (χ0n) is 19.6. The van der Waals surface area contributed by atoms with Crippen LogP contribution in [-0.2, 0) is 16.6 Å². The van der Waals surface area contributed by atoms with E-state index in [-0.39, 0.29) is 4.90 Å². The molecule has 1 fully saturated rings. The van der Waals surface area contributed by atoms with Crippen molar-refractivity contribution in [2.24, 2.45) is 0 Å². The van der Waals surface area contributed by atoms with E-state index in [4.69, 9.17) is 4.98 Å². The molecule has 1 aliphatic heterocycles. The van der Waals surface area contributed by atoms with Crippen molar-refractivity contribution < 1.29 is 8.42 Å². The lowest BCUT2D eigenvalue weighted by atomic mass is 10.0. The maximum absolute atomic E-state index is 13.3. The van der Waals surface area contributed by atoms with Crippen molar-refractivity contribution in [1.82, 2.24) is 23.4 Å². The molecular weight excluding hydrogens is 458 g/mol. The number of nitrogens with zero attached hydrogens (tertiary/aromatic N) is 5. The number of rotatable bonds is 5. The first-order valence-electron chi connectivity index (χ1n) is 11.9. The molecule has 0 bridgehead atoms. The van der Waals surface area contributed by atoms with Crippen molar-refractivity contribution in [2.45, 2.75) is 37.2 Å². The molecule has 6 rings (SSSR count). The van der Waals surface area contributed by atoms with Crippen LogP contribution in [0.25, 0.3) is 22.1 Å². The van der Waals surface area contributed by atoms with E-state index in [0.717, 1.165) is 54.7 Å². The van der Waals surface area contributed by atoms with E-state index in [2.05, 4.69) is 44.8 Å². The Morgan fingerprint density at radius 1 is 0.943 bits per heavy atom. The normalized spacial score (nSPS) is 15.8. The van der Waals surface area contributed by atoms with Gasteiger partial charge in [-0.25, -0.2) is 22.4 Å². The lowest BCUT2D eigenvalue weighted by molar-refractivity contribution is 0.180. The number of aryl methyl sites for hydroxylation is 1. The third kappa shape index (κ3) is 3.83. The molecule has 178 valence electrons. The van der Waals surface area contributed by atoms with Crippen LogP contribution in [0.1, 0.15) is 30.3 Å². The Kier molecular flexibility index (Phi) is 5.42. The van der Waals surface area contributed by atoms with Crippen molar-refractivity contribution >= 4 is 32.1 Å². The molecule has 7 nitrogen and oxygen atoms in total. The topological polar surface area (TPSA) is 73.0 Å². The zero-order valence-corrected chi connectivity index (χ0v) is 20.4. The molecule has 0 spiro atoms. The molecule has 0 radical (unpaired) electrons. The van der Waals surface area contributed by atoms with Gasteiger partial charge in [0, 0.05) is 37.3 Å². The Hall–Kier alpha value is -3.49. The second-order valence-electron chi connectivity index (χ2n) is 9.18. The standard InChI is InChI=1S/C27H27N5O2S/c1-20-29-25-18-28-27-24(14-17-31(27)35(33,34)23-10-6-3-7-11-23)26(25)32(20)22-12-15-30(16-13-22)19-21-8-4-2-5-9-21/h2-11,14,17-18,22H,12-13,15-16,19H2,1H3. The Morgan fingerprint density at radius 3 is 2.34 bits per heavy atom. The summed E-state index contributed by atoms with van der Waals surface area (Å²) < 4.78 is 30.2. The van der Waals surface area contributed by atoms with Gasteiger partial charge in [-0.05, 0) is 43.5 Å². The van der Waals surface area contributed by atoms with Crippen LogP contribution in [0.3, 0.4) is 0 Å². The quantitative estimate of drug-likeness (QED) is 0.359. The highest BCUT2D eigenvalue weighted by Gasteiger charge is 2.26. The van der Waals surface area contributed by atoms with Gasteiger partial charge in [0.05, 0.1) is 16.6 Å². The molecule has 0 atom stereocenters. The first-order valence-corrected chi connectivity index (χ1v) is 13.4. The number of fused-ring (bicyclic) bond motifs is 3. The maximum Gasteiger partial charge on any atom is 0.269 e. The largest absolute Gasteiger partial charge is 0.324 e. The minimum absolute atomic E-state index is 0.245. The first kappa shape index (κ1) is 22.0. The van der Waals surface area contributed by atoms with Gasteiger partial charge in [-0.1, -0.05) is 48.5 Å². The monoisotopic (exact) mass is 485 g/mol. The van der Waals surface area contributed by atoms with Crippen LogP contribution in [-0.4, -0.2) is 44.9 Å². The Morgan fingerprint density at radius 2 is 1.63 bits per heavy atom. The summed E-state index contributed by atoms with van der Waals surface area (Å²) in [7, 11) is -3.74. The minimum Gasteiger partial charge on any atom is -0.324 e. The van der Waals surface area contributed by atoms with E-state index >= 15 is 0 Å². The smallest absolute Gasteiger partial charge is 0.269 e. The molecule has 35 heavy (non-hydrogen) atoms. The zero-order chi connectivity index (χ0) is 24.0. The van der Waals surface area contributed by atoms with Crippen molar-refractivity contribution in [3.63, 3.8) is 0 Å². The highest BCUT2D eigenvalue weighted by atomic mass is 32.2. The maximum atomic E-state index is 13.3. The third-order valence-corrected chi connectivity index (χ3v) is 8.66.